The molecule has 1 aliphatic rings. The molecule has 0 saturated carbocycles. The lowest BCUT2D eigenvalue weighted by Crippen LogP contribution is -2.39. The Balaban J connectivity index is 1.88. The predicted octanol–water partition coefficient (Wildman–Crippen LogP) is 3.65. The minimum Gasteiger partial charge on any atom is -0.494 e. The topological polar surface area (TPSA) is 69.9 Å². The maximum atomic E-state index is 13.5. The molecule has 32 heavy (non-hydrogen) atoms. The number of esters is 1. The quantitative estimate of drug-likeness (QED) is 0.497. The summed E-state index contributed by atoms with van der Waals surface area (Å²) in [6.07, 6.45) is 2.79. The van der Waals surface area contributed by atoms with Crippen molar-refractivity contribution >= 4 is 34.7 Å². The van der Waals surface area contributed by atoms with Gasteiger partial charge in [0.25, 0.3) is 5.56 Å². The standard InChI is InChI=1S/C24H24N2O4S2/c1-4-12-30-17-10-8-16(9-11-17)21-20(23(28)29-5-2)15(3)25-24-26(21)22(27)19(32-24)14-18-7-6-13-31-18/h6-11,13-14,21H,4-5,12H2,1-3H3/b19-14-. The van der Waals surface area contributed by atoms with Crippen LogP contribution in [0.3, 0.4) is 0 Å². The zero-order valence-corrected chi connectivity index (χ0v) is 19.8. The first-order valence-corrected chi connectivity index (χ1v) is 12.2. The van der Waals surface area contributed by atoms with Crippen molar-refractivity contribution in [2.75, 3.05) is 13.2 Å². The van der Waals surface area contributed by atoms with Crippen LogP contribution in [0.1, 0.15) is 43.7 Å². The van der Waals surface area contributed by atoms with Gasteiger partial charge in [0, 0.05) is 4.88 Å². The molecule has 1 aromatic carbocycles. The van der Waals surface area contributed by atoms with Gasteiger partial charge in [0.05, 0.1) is 35.1 Å². The molecule has 0 amide bonds. The highest BCUT2D eigenvalue weighted by Crippen LogP contribution is 2.31. The first kappa shape index (κ1) is 22.2. The van der Waals surface area contributed by atoms with E-state index in [4.69, 9.17) is 9.47 Å². The number of rotatable bonds is 7. The van der Waals surface area contributed by atoms with Crippen LogP contribution in [-0.2, 0) is 9.53 Å². The molecule has 166 valence electrons. The van der Waals surface area contributed by atoms with Gasteiger partial charge in [-0.05, 0) is 55.5 Å². The second-order valence-electron chi connectivity index (χ2n) is 7.24. The van der Waals surface area contributed by atoms with Crippen LogP contribution in [0.2, 0.25) is 0 Å². The molecule has 2 aromatic heterocycles. The molecule has 0 aliphatic carbocycles. The zero-order valence-electron chi connectivity index (χ0n) is 18.2. The molecule has 0 bridgehead atoms. The van der Waals surface area contributed by atoms with E-state index < -0.39 is 12.0 Å². The number of ether oxygens (including phenoxy) is 2. The summed E-state index contributed by atoms with van der Waals surface area (Å²) in [5.74, 6) is 0.289. The summed E-state index contributed by atoms with van der Waals surface area (Å²) in [4.78, 5) is 32.5. The maximum absolute atomic E-state index is 13.5. The van der Waals surface area contributed by atoms with Crippen molar-refractivity contribution in [3.63, 3.8) is 0 Å². The largest absolute Gasteiger partial charge is 0.494 e. The van der Waals surface area contributed by atoms with E-state index in [1.54, 1.807) is 29.8 Å². The summed E-state index contributed by atoms with van der Waals surface area (Å²) in [6.45, 7) is 6.47. The van der Waals surface area contributed by atoms with Gasteiger partial charge >= 0.3 is 5.97 Å². The van der Waals surface area contributed by atoms with Crippen molar-refractivity contribution in [1.29, 1.82) is 0 Å². The van der Waals surface area contributed by atoms with Gasteiger partial charge in [0.2, 0.25) is 0 Å². The Labute approximate surface area is 193 Å². The van der Waals surface area contributed by atoms with Crippen molar-refractivity contribution < 1.29 is 14.3 Å². The summed E-state index contributed by atoms with van der Waals surface area (Å²) < 4.78 is 13.2. The second kappa shape index (κ2) is 9.67. The van der Waals surface area contributed by atoms with Crippen LogP contribution in [0.15, 0.2) is 62.8 Å². The lowest BCUT2D eigenvalue weighted by atomic mass is 9.96. The van der Waals surface area contributed by atoms with E-state index in [9.17, 15) is 9.59 Å². The summed E-state index contributed by atoms with van der Waals surface area (Å²) in [5.41, 5.74) is 1.57. The summed E-state index contributed by atoms with van der Waals surface area (Å²) >= 11 is 2.89. The molecule has 4 rings (SSSR count). The molecule has 8 heteroatoms. The molecule has 0 spiro atoms. The predicted molar refractivity (Wildman–Crippen MR) is 127 cm³/mol. The Morgan fingerprint density at radius 3 is 2.66 bits per heavy atom. The maximum Gasteiger partial charge on any atom is 0.338 e. The summed E-state index contributed by atoms with van der Waals surface area (Å²) in [5, 5.41) is 1.97. The highest BCUT2D eigenvalue weighted by Gasteiger charge is 2.33. The molecule has 1 aliphatic heterocycles. The minimum atomic E-state index is -0.615. The van der Waals surface area contributed by atoms with E-state index in [2.05, 4.69) is 4.99 Å². The first-order chi connectivity index (χ1) is 15.5. The van der Waals surface area contributed by atoms with Gasteiger partial charge in [0.1, 0.15) is 5.75 Å². The van der Waals surface area contributed by atoms with Gasteiger partial charge in [-0.2, -0.15) is 0 Å². The third kappa shape index (κ3) is 4.33. The summed E-state index contributed by atoms with van der Waals surface area (Å²) in [7, 11) is 0. The van der Waals surface area contributed by atoms with Crippen molar-refractivity contribution in [2.24, 2.45) is 4.99 Å². The molecule has 3 heterocycles. The number of thiophene rings is 1. The number of benzene rings is 1. The van der Waals surface area contributed by atoms with E-state index in [1.165, 1.54) is 11.3 Å². The smallest absolute Gasteiger partial charge is 0.338 e. The Bertz CT molecular complexity index is 1320. The fourth-order valence-electron chi connectivity index (χ4n) is 3.58. The van der Waals surface area contributed by atoms with Crippen LogP contribution in [-0.4, -0.2) is 23.8 Å². The Hall–Kier alpha value is -2.97. The van der Waals surface area contributed by atoms with Crippen molar-refractivity contribution in [3.05, 3.63) is 83.2 Å². The monoisotopic (exact) mass is 468 g/mol. The van der Waals surface area contributed by atoms with E-state index in [-0.39, 0.29) is 12.2 Å². The third-order valence-corrected chi connectivity index (χ3v) is 6.80. The van der Waals surface area contributed by atoms with Gasteiger partial charge in [0.15, 0.2) is 4.80 Å². The van der Waals surface area contributed by atoms with E-state index >= 15 is 0 Å². The van der Waals surface area contributed by atoms with E-state index in [1.807, 2.05) is 54.8 Å². The number of thiazole rings is 1. The fraction of sp³-hybridized carbons (Fsp3) is 0.292. The molecular weight excluding hydrogens is 444 g/mol. The number of allylic oxidation sites excluding steroid dienone is 1. The highest BCUT2D eigenvalue weighted by molar-refractivity contribution is 7.11. The molecule has 1 unspecified atom stereocenters. The van der Waals surface area contributed by atoms with Crippen LogP contribution < -0.4 is 19.6 Å². The average molecular weight is 469 g/mol. The molecular formula is C24H24N2O4S2. The second-order valence-corrected chi connectivity index (χ2v) is 9.22. The van der Waals surface area contributed by atoms with Gasteiger partial charge in [-0.15, -0.1) is 11.3 Å². The molecule has 3 aromatic rings. The zero-order chi connectivity index (χ0) is 22.7. The van der Waals surface area contributed by atoms with Crippen LogP contribution in [0.5, 0.6) is 5.75 Å². The average Bonchev–Trinajstić information content (AvgIpc) is 3.40. The van der Waals surface area contributed by atoms with Gasteiger partial charge in [-0.25, -0.2) is 9.79 Å². The van der Waals surface area contributed by atoms with Gasteiger partial charge in [-0.3, -0.25) is 9.36 Å². The van der Waals surface area contributed by atoms with Gasteiger partial charge in [-0.1, -0.05) is 36.5 Å². The third-order valence-electron chi connectivity index (χ3n) is 5.00. The fourth-order valence-corrected chi connectivity index (χ4v) is 5.35. The number of nitrogens with zero attached hydrogens (tertiary/aromatic N) is 2. The lowest BCUT2D eigenvalue weighted by molar-refractivity contribution is -0.139. The minimum absolute atomic E-state index is 0.173. The molecule has 0 saturated heterocycles. The number of carbonyl (C=O) groups is 1. The van der Waals surface area contributed by atoms with Crippen LogP contribution in [0.4, 0.5) is 0 Å². The Morgan fingerprint density at radius 1 is 1.22 bits per heavy atom. The van der Waals surface area contributed by atoms with Crippen molar-refractivity contribution in [1.82, 2.24) is 4.57 Å². The number of hydrogen-bond donors (Lipinski definition) is 0. The SMILES string of the molecule is CCCOc1ccc(C2C(C(=O)OCC)=C(C)N=c3s/c(=C\c4cccs4)c(=O)n32)cc1. The lowest BCUT2D eigenvalue weighted by Gasteiger charge is -2.24. The number of aromatic nitrogens is 1. The Morgan fingerprint density at radius 2 is 2.00 bits per heavy atom. The van der Waals surface area contributed by atoms with Gasteiger partial charge < -0.3 is 9.47 Å². The molecule has 0 fully saturated rings. The van der Waals surface area contributed by atoms with E-state index in [0.29, 0.717) is 27.2 Å². The summed E-state index contributed by atoms with van der Waals surface area (Å²) in [6, 6.07) is 10.8. The number of hydrogen-bond acceptors (Lipinski definition) is 7. The number of carbonyl (C=O) groups excluding carboxylic acids is 1. The Kier molecular flexibility index (Phi) is 6.72. The normalized spacial score (nSPS) is 16.0. The molecule has 0 N–H and O–H groups in total. The highest BCUT2D eigenvalue weighted by atomic mass is 32.1. The van der Waals surface area contributed by atoms with Crippen LogP contribution in [0.25, 0.3) is 6.08 Å². The van der Waals surface area contributed by atoms with Crippen molar-refractivity contribution in [2.45, 2.75) is 33.2 Å². The van der Waals surface area contributed by atoms with Crippen LogP contribution in [0, 0.1) is 0 Å². The first-order valence-electron chi connectivity index (χ1n) is 10.5. The number of fused-ring (bicyclic) bond motifs is 1. The molecule has 0 radical (unpaired) electrons. The van der Waals surface area contributed by atoms with Crippen molar-refractivity contribution in [3.8, 4) is 5.75 Å². The van der Waals surface area contributed by atoms with E-state index in [0.717, 1.165) is 22.6 Å². The molecule has 6 nitrogen and oxygen atoms in total. The van der Waals surface area contributed by atoms with Crippen LogP contribution >= 0.6 is 22.7 Å². The molecule has 1 atom stereocenters.